The number of carbonyl (C=O) groups excluding carboxylic acids is 1. The number of aromatic nitrogens is 1. The van der Waals surface area contributed by atoms with E-state index in [-0.39, 0.29) is 18.7 Å². The molecule has 0 unspecified atom stereocenters. The average Bonchev–Trinajstić information content (AvgIpc) is 2.42. The van der Waals surface area contributed by atoms with Crippen molar-refractivity contribution in [1.29, 1.82) is 0 Å². The number of benzene rings is 1. The van der Waals surface area contributed by atoms with E-state index in [1.54, 1.807) is 6.20 Å². The van der Waals surface area contributed by atoms with Crippen LogP contribution in [0.5, 0.6) is 0 Å². The van der Waals surface area contributed by atoms with E-state index >= 15 is 0 Å². The van der Waals surface area contributed by atoms with Gasteiger partial charge in [-0.1, -0.05) is 24.3 Å². The van der Waals surface area contributed by atoms with Crippen LogP contribution in [0.25, 0.3) is 10.9 Å². The van der Waals surface area contributed by atoms with Crippen LogP contribution >= 0.6 is 0 Å². The molecule has 0 saturated carbocycles. The highest BCUT2D eigenvalue weighted by Crippen LogP contribution is 2.15. The lowest BCUT2D eigenvalue weighted by Crippen LogP contribution is -2.23. The molecular formula is C14H14N2O3. The van der Waals surface area contributed by atoms with Crippen molar-refractivity contribution in [3.05, 3.63) is 42.1 Å². The first-order valence-electron chi connectivity index (χ1n) is 5.98. The number of hydrogen-bond acceptors (Lipinski definition) is 3. The SMILES string of the molecule is O=C(O)CCC(=O)NCc1cccc2cccnc12. The van der Waals surface area contributed by atoms with Crippen LogP contribution in [-0.2, 0) is 16.1 Å². The first-order valence-corrected chi connectivity index (χ1v) is 5.98. The van der Waals surface area contributed by atoms with Gasteiger partial charge in [-0.05, 0) is 11.6 Å². The first kappa shape index (κ1) is 13.0. The fraction of sp³-hybridized carbons (Fsp3) is 0.214. The third-order valence-corrected chi connectivity index (χ3v) is 2.76. The molecule has 0 fully saturated rings. The van der Waals surface area contributed by atoms with E-state index in [1.165, 1.54) is 0 Å². The fourth-order valence-electron chi connectivity index (χ4n) is 1.81. The molecule has 0 aliphatic rings. The second-order valence-electron chi connectivity index (χ2n) is 4.16. The molecule has 1 aromatic heterocycles. The van der Waals surface area contributed by atoms with Crippen molar-refractivity contribution in [3.8, 4) is 0 Å². The highest BCUT2D eigenvalue weighted by Gasteiger charge is 2.06. The summed E-state index contributed by atoms with van der Waals surface area (Å²) in [6.07, 6.45) is 1.55. The Kier molecular flexibility index (Phi) is 4.07. The van der Waals surface area contributed by atoms with Gasteiger partial charge in [0.05, 0.1) is 11.9 Å². The van der Waals surface area contributed by atoms with Crippen molar-refractivity contribution in [3.63, 3.8) is 0 Å². The quantitative estimate of drug-likeness (QED) is 0.855. The molecule has 2 N–H and O–H groups in total. The molecule has 2 aromatic rings. The third kappa shape index (κ3) is 3.51. The summed E-state index contributed by atoms with van der Waals surface area (Å²) in [5, 5.41) is 12.2. The van der Waals surface area contributed by atoms with E-state index in [1.807, 2.05) is 30.3 Å². The number of carboxylic acid groups (broad SMARTS) is 1. The lowest BCUT2D eigenvalue weighted by molar-refractivity contribution is -0.138. The second-order valence-corrected chi connectivity index (χ2v) is 4.16. The summed E-state index contributed by atoms with van der Waals surface area (Å²) in [4.78, 5) is 26.1. The Labute approximate surface area is 110 Å². The van der Waals surface area contributed by atoms with Gasteiger partial charge in [-0.3, -0.25) is 14.6 Å². The number of carbonyl (C=O) groups is 2. The average molecular weight is 258 g/mol. The summed E-state index contributed by atoms with van der Waals surface area (Å²) < 4.78 is 0. The van der Waals surface area contributed by atoms with Gasteiger partial charge in [0, 0.05) is 24.5 Å². The van der Waals surface area contributed by atoms with Crippen LogP contribution in [0.3, 0.4) is 0 Å². The maximum absolute atomic E-state index is 11.5. The standard InChI is InChI=1S/C14H14N2O3/c17-12(6-7-13(18)19)16-9-11-4-1-3-10-5-2-8-15-14(10)11/h1-5,8H,6-7,9H2,(H,16,17)(H,18,19). The van der Waals surface area contributed by atoms with Gasteiger partial charge < -0.3 is 10.4 Å². The van der Waals surface area contributed by atoms with Crippen LogP contribution in [0.15, 0.2) is 36.5 Å². The van der Waals surface area contributed by atoms with Crippen molar-refractivity contribution < 1.29 is 14.7 Å². The summed E-state index contributed by atoms with van der Waals surface area (Å²) in [5.41, 5.74) is 1.77. The number of nitrogens with zero attached hydrogens (tertiary/aromatic N) is 1. The maximum Gasteiger partial charge on any atom is 0.303 e. The molecule has 0 saturated heterocycles. The van der Waals surface area contributed by atoms with Gasteiger partial charge in [-0.2, -0.15) is 0 Å². The normalized spacial score (nSPS) is 10.3. The van der Waals surface area contributed by atoms with Crippen molar-refractivity contribution >= 4 is 22.8 Å². The minimum atomic E-state index is -0.970. The number of para-hydroxylation sites is 1. The minimum absolute atomic E-state index is 0.00642. The molecule has 0 spiro atoms. The van der Waals surface area contributed by atoms with Crippen LogP contribution in [0.4, 0.5) is 0 Å². The van der Waals surface area contributed by atoms with E-state index in [0.717, 1.165) is 16.5 Å². The number of carboxylic acids is 1. The van der Waals surface area contributed by atoms with Gasteiger partial charge in [0.1, 0.15) is 0 Å². The lowest BCUT2D eigenvalue weighted by Gasteiger charge is -2.07. The molecule has 1 amide bonds. The zero-order valence-electron chi connectivity index (χ0n) is 10.3. The van der Waals surface area contributed by atoms with Crippen molar-refractivity contribution in [2.45, 2.75) is 19.4 Å². The summed E-state index contributed by atoms with van der Waals surface area (Å²) in [6, 6.07) is 9.57. The molecule has 0 bridgehead atoms. The van der Waals surface area contributed by atoms with E-state index in [2.05, 4.69) is 10.3 Å². The Bertz CT molecular complexity index is 605. The van der Waals surface area contributed by atoms with Crippen LogP contribution in [0.2, 0.25) is 0 Å². The first-order chi connectivity index (χ1) is 9.16. The monoisotopic (exact) mass is 258 g/mol. The summed E-state index contributed by atoms with van der Waals surface area (Å²) in [7, 11) is 0. The van der Waals surface area contributed by atoms with Gasteiger partial charge in [-0.15, -0.1) is 0 Å². The van der Waals surface area contributed by atoms with Crippen molar-refractivity contribution in [2.75, 3.05) is 0 Å². The number of pyridine rings is 1. The van der Waals surface area contributed by atoms with Crippen molar-refractivity contribution in [2.24, 2.45) is 0 Å². The number of rotatable bonds is 5. The Hall–Kier alpha value is -2.43. The van der Waals surface area contributed by atoms with Crippen LogP contribution in [0, 0.1) is 0 Å². The maximum atomic E-state index is 11.5. The molecule has 5 heteroatoms. The van der Waals surface area contributed by atoms with Gasteiger partial charge in [0.25, 0.3) is 0 Å². The van der Waals surface area contributed by atoms with E-state index in [0.29, 0.717) is 6.54 Å². The van der Waals surface area contributed by atoms with Gasteiger partial charge in [0.2, 0.25) is 5.91 Å². The molecule has 0 radical (unpaired) electrons. The fourth-order valence-corrected chi connectivity index (χ4v) is 1.81. The molecule has 0 aliphatic heterocycles. The van der Waals surface area contributed by atoms with Crippen LogP contribution < -0.4 is 5.32 Å². The number of fused-ring (bicyclic) bond motifs is 1. The largest absolute Gasteiger partial charge is 0.481 e. The van der Waals surface area contributed by atoms with E-state index < -0.39 is 5.97 Å². The summed E-state index contributed by atoms with van der Waals surface area (Å²) in [5.74, 6) is -1.24. The number of hydrogen-bond donors (Lipinski definition) is 2. The van der Waals surface area contributed by atoms with Gasteiger partial charge in [-0.25, -0.2) is 0 Å². The van der Waals surface area contributed by atoms with Crippen LogP contribution in [0.1, 0.15) is 18.4 Å². The molecule has 0 atom stereocenters. The molecule has 19 heavy (non-hydrogen) atoms. The zero-order valence-corrected chi connectivity index (χ0v) is 10.3. The van der Waals surface area contributed by atoms with Crippen molar-refractivity contribution in [1.82, 2.24) is 10.3 Å². The molecule has 5 nitrogen and oxygen atoms in total. The highest BCUT2D eigenvalue weighted by atomic mass is 16.4. The van der Waals surface area contributed by atoms with E-state index in [4.69, 9.17) is 5.11 Å². The second kappa shape index (κ2) is 5.95. The Morgan fingerprint density at radius 3 is 2.74 bits per heavy atom. The Morgan fingerprint density at radius 2 is 1.95 bits per heavy atom. The van der Waals surface area contributed by atoms with Gasteiger partial charge >= 0.3 is 5.97 Å². The predicted molar refractivity (Wildman–Crippen MR) is 70.5 cm³/mol. The molecular weight excluding hydrogens is 244 g/mol. The number of nitrogens with one attached hydrogen (secondary N) is 1. The molecule has 1 aromatic carbocycles. The third-order valence-electron chi connectivity index (χ3n) is 2.76. The Balaban J connectivity index is 2.02. The smallest absolute Gasteiger partial charge is 0.303 e. The zero-order chi connectivity index (χ0) is 13.7. The summed E-state index contributed by atoms with van der Waals surface area (Å²) in [6.45, 7) is 0.354. The van der Waals surface area contributed by atoms with Gasteiger partial charge in [0.15, 0.2) is 0 Å². The summed E-state index contributed by atoms with van der Waals surface area (Å²) >= 11 is 0. The topological polar surface area (TPSA) is 79.3 Å². The minimum Gasteiger partial charge on any atom is -0.481 e. The van der Waals surface area contributed by atoms with Crippen LogP contribution in [-0.4, -0.2) is 22.0 Å². The van der Waals surface area contributed by atoms with E-state index in [9.17, 15) is 9.59 Å². The number of amides is 1. The Morgan fingerprint density at radius 1 is 1.16 bits per heavy atom. The lowest BCUT2D eigenvalue weighted by atomic mass is 10.1. The molecule has 2 rings (SSSR count). The predicted octanol–water partition coefficient (Wildman–Crippen LogP) is 1.72. The molecule has 98 valence electrons. The molecule has 0 aliphatic carbocycles. The molecule has 1 heterocycles. The number of aliphatic carboxylic acids is 1. The highest BCUT2D eigenvalue weighted by molar-refractivity contribution is 5.83.